The summed E-state index contributed by atoms with van der Waals surface area (Å²) >= 11 is 0. The van der Waals surface area contributed by atoms with E-state index in [4.69, 9.17) is 0 Å². The van der Waals surface area contributed by atoms with Crippen molar-refractivity contribution in [2.75, 3.05) is 6.54 Å². The molecule has 5 aromatic rings. The highest BCUT2D eigenvalue weighted by molar-refractivity contribution is 5.79. The maximum absolute atomic E-state index is 13.1. The second-order valence-electron chi connectivity index (χ2n) is 8.50. The minimum absolute atomic E-state index is 0.0893. The Morgan fingerprint density at radius 2 is 1.58 bits per heavy atom. The van der Waals surface area contributed by atoms with Gasteiger partial charge in [-0.15, -0.1) is 0 Å². The van der Waals surface area contributed by atoms with Gasteiger partial charge in [0.25, 0.3) is 5.56 Å². The van der Waals surface area contributed by atoms with E-state index < -0.39 is 0 Å². The van der Waals surface area contributed by atoms with Gasteiger partial charge in [-0.1, -0.05) is 66.7 Å². The van der Waals surface area contributed by atoms with Crippen molar-refractivity contribution in [1.29, 1.82) is 0 Å². The van der Waals surface area contributed by atoms with Crippen molar-refractivity contribution < 1.29 is 9.18 Å². The fourth-order valence-electron chi connectivity index (χ4n) is 4.06. The Labute approximate surface area is 206 Å². The van der Waals surface area contributed by atoms with Crippen LogP contribution in [-0.4, -0.2) is 31.8 Å². The molecular formula is C28H24FN5O2. The lowest BCUT2D eigenvalue weighted by atomic mass is 10.0. The molecule has 2 aromatic heterocycles. The summed E-state index contributed by atoms with van der Waals surface area (Å²) in [7, 11) is 0. The van der Waals surface area contributed by atoms with E-state index in [9.17, 15) is 14.0 Å². The summed E-state index contributed by atoms with van der Waals surface area (Å²) in [6.45, 7) is 1.03. The van der Waals surface area contributed by atoms with E-state index in [1.165, 1.54) is 29.2 Å². The first-order chi connectivity index (χ1) is 17.6. The second-order valence-corrected chi connectivity index (χ2v) is 8.50. The number of halogens is 1. The Morgan fingerprint density at radius 1 is 0.889 bits per heavy atom. The number of amides is 1. The molecule has 1 amide bonds. The predicted octanol–water partition coefficient (Wildman–Crippen LogP) is 3.81. The highest BCUT2D eigenvalue weighted by atomic mass is 19.1. The molecule has 1 N–H and O–H groups in total. The van der Waals surface area contributed by atoms with Crippen LogP contribution in [0.1, 0.15) is 11.1 Å². The van der Waals surface area contributed by atoms with Crippen LogP contribution < -0.4 is 10.9 Å². The lowest BCUT2D eigenvalue weighted by molar-refractivity contribution is -0.120. The fourth-order valence-corrected chi connectivity index (χ4v) is 4.06. The Morgan fingerprint density at radius 3 is 2.33 bits per heavy atom. The standard InChI is InChI=1S/C28H24FN5O2/c29-24-12-8-21(9-13-24)18-33-19-31-27-25(28(33)36)17-32-34(27)15-14-30-26(35)16-20-6-10-23(11-7-20)22-4-2-1-3-5-22/h1-13,17,19H,14-16,18H2,(H,30,35). The normalized spacial score (nSPS) is 11.0. The van der Waals surface area contributed by atoms with Crippen molar-refractivity contribution >= 4 is 16.9 Å². The molecule has 5 rings (SSSR count). The van der Waals surface area contributed by atoms with E-state index in [2.05, 4.69) is 27.5 Å². The Hall–Kier alpha value is -4.59. The first-order valence-electron chi connectivity index (χ1n) is 11.6. The van der Waals surface area contributed by atoms with Gasteiger partial charge >= 0.3 is 0 Å². The van der Waals surface area contributed by atoms with Gasteiger partial charge in [-0.25, -0.2) is 14.1 Å². The van der Waals surface area contributed by atoms with Crippen LogP contribution in [0.4, 0.5) is 4.39 Å². The number of fused-ring (bicyclic) bond motifs is 1. The number of carbonyl (C=O) groups is 1. The first-order valence-corrected chi connectivity index (χ1v) is 11.6. The zero-order valence-corrected chi connectivity index (χ0v) is 19.5. The van der Waals surface area contributed by atoms with Crippen LogP contribution >= 0.6 is 0 Å². The molecule has 36 heavy (non-hydrogen) atoms. The first kappa shape index (κ1) is 23.2. The van der Waals surface area contributed by atoms with Crippen LogP contribution in [0.2, 0.25) is 0 Å². The van der Waals surface area contributed by atoms with Gasteiger partial charge in [-0.2, -0.15) is 5.10 Å². The van der Waals surface area contributed by atoms with Gasteiger partial charge in [-0.3, -0.25) is 14.2 Å². The molecule has 0 fully saturated rings. The van der Waals surface area contributed by atoms with Crippen LogP contribution in [0, 0.1) is 5.82 Å². The molecule has 0 aliphatic heterocycles. The van der Waals surface area contributed by atoms with Crippen LogP contribution in [0.3, 0.4) is 0 Å². The maximum atomic E-state index is 13.1. The quantitative estimate of drug-likeness (QED) is 0.366. The number of nitrogens with one attached hydrogen (secondary N) is 1. The summed E-state index contributed by atoms with van der Waals surface area (Å²) in [5, 5.41) is 7.57. The second kappa shape index (κ2) is 10.4. The molecule has 2 heterocycles. The minimum atomic E-state index is -0.325. The third-order valence-corrected chi connectivity index (χ3v) is 5.96. The van der Waals surface area contributed by atoms with Crippen molar-refractivity contribution in [3.8, 4) is 11.1 Å². The molecule has 0 radical (unpaired) electrons. The van der Waals surface area contributed by atoms with Crippen LogP contribution in [0.25, 0.3) is 22.2 Å². The minimum Gasteiger partial charge on any atom is -0.354 e. The van der Waals surface area contributed by atoms with Crippen molar-refractivity contribution in [3.05, 3.63) is 119 Å². The van der Waals surface area contributed by atoms with E-state index >= 15 is 0 Å². The summed E-state index contributed by atoms with van der Waals surface area (Å²) < 4.78 is 16.2. The number of nitrogens with zero attached hydrogens (tertiary/aromatic N) is 4. The lowest BCUT2D eigenvalue weighted by Crippen LogP contribution is -2.29. The SMILES string of the molecule is O=C(Cc1ccc(-c2ccccc2)cc1)NCCn1ncc2c(=O)n(Cc3ccc(F)cc3)cnc21. The van der Waals surface area contributed by atoms with Crippen molar-refractivity contribution in [3.63, 3.8) is 0 Å². The van der Waals surface area contributed by atoms with Crippen LogP contribution in [0.15, 0.2) is 96.2 Å². The third-order valence-electron chi connectivity index (χ3n) is 5.96. The van der Waals surface area contributed by atoms with E-state index in [0.717, 1.165) is 22.3 Å². The van der Waals surface area contributed by atoms with Gasteiger partial charge in [0.1, 0.15) is 17.5 Å². The van der Waals surface area contributed by atoms with Gasteiger partial charge in [0.2, 0.25) is 5.91 Å². The van der Waals surface area contributed by atoms with Gasteiger partial charge < -0.3 is 5.32 Å². The monoisotopic (exact) mass is 481 g/mol. The average molecular weight is 482 g/mol. The summed E-state index contributed by atoms with van der Waals surface area (Å²) in [5.74, 6) is -0.414. The summed E-state index contributed by atoms with van der Waals surface area (Å²) in [6, 6.07) is 24.0. The van der Waals surface area contributed by atoms with Gasteiger partial charge in [0, 0.05) is 6.54 Å². The Kier molecular flexibility index (Phi) is 6.66. The molecule has 0 unspecified atom stereocenters. The summed E-state index contributed by atoms with van der Waals surface area (Å²) in [5.41, 5.74) is 4.20. The van der Waals surface area contributed by atoms with E-state index in [1.807, 2.05) is 42.5 Å². The van der Waals surface area contributed by atoms with Crippen molar-refractivity contribution in [2.24, 2.45) is 0 Å². The molecule has 8 heteroatoms. The number of benzene rings is 3. The largest absolute Gasteiger partial charge is 0.354 e. The van der Waals surface area contributed by atoms with E-state index in [-0.39, 0.29) is 30.2 Å². The third kappa shape index (κ3) is 5.22. The van der Waals surface area contributed by atoms with Gasteiger partial charge in [0.05, 0.1) is 25.7 Å². The smallest absolute Gasteiger partial charge is 0.264 e. The molecule has 0 aliphatic rings. The van der Waals surface area contributed by atoms with Crippen molar-refractivity contribution in [2.45, 2.75) is 19.5 Å². The molecule has 0 atom stereocenters. The Balaban J connectivity index is 1.17. The molecule has 0 saturated carbocycles. The molecule has 7 nitrogen and oxygen atoms in total. The van der Waals surface area contributed by atoms with Crippen molar-refractivity contribution in [1.82, 2.24) is 24.6 Å². The highest BCUT2D eigenvalue weighted by Gasteiger charge is 2.11. The number of carbonyl (C=O) groups excluding carboxylic acids is 1. The molecule has 180 valence electrons. The molecule has 0 saturated heterocycles. The molecular weight excluding hydrogens is 457 g/mol. The topological polar surface area (TPSA) is 81.8 Å². The fraction of sp³-hybridized carbons (Fsp3) is 0.143. The van der Waals surface area contributed by atoms with Crippen LogP contribution in [-0.2, 0) is 24.3 Å². The average Bonchev–Trinajstić information content (AvgIpc) is 3.31. The zero-order chi connectivity index (χ0) is 24.9. The predicted molar refractivity (Wildman–Crippen MR) is 136 cm³/mol. The number of hydrogen-bond acceptors (Lipinski definition) is 4. The number of hydrogen-bond donors (Lipinski definition) is 1. The van der Waals surface area contributed by atoms with E-state index in [1.54, 1.807) is 16.8 Å². The van der Waals surface area contributed by atoms with E-state index in [0.29, 0.717) is 24.1 Å². The highest BCUT2D eigenvalue weighted by Crippen LogP contribution is 2.19. The summed E-state index contributed by atoms with van der Waals surface area (Å²) in [4.78, 5) is 29.6. The maximum Gasteiger partial charge on any atom is 0.264 e. The Bertz CT molecular complexity index is 1540. The lowest BCUT2D eigenvalue weighted by Gasteiger charge is -2.08. The molecule has 0 spiro atoms. The molecule has 0 aliphatic carbocycles. The van der Waals surface area contributed by atoms with Gasteiger partial charge in [-0.05, 0) is 34.4 Å². The zero-order valence-electron chi connectivity index (χ0n) is 19.5. The number of rotatable bonds is 8. The van der Waals surface area contributed by atoms with Crippen LogP contribution in [0.5, 0.6) is 0 Å². The number of aromatic nitrogens is 4. The molecule has 0 bridgehead atoms. The summed E-state index contributed by atoms with van der Waals surface area (Å²) in [6.07, 6.45) is 3.23. The van der Waals surface area contributed by atoms with Gasteiger partial charge in [0.15, 0.2) is 5.65 Å². The molecule has 3 aromatic carbocycles.